The summed E-state index contributed by atoms with van der Waals surface area (Å²) in [6, 6.07) is 5.86. The number of nitro groups is 1. The average Bonchev–Trinajstić information content (AvgIpc) is 3.00. The first-order valence-electron chi connectivity index (χ1n) is 9.35. The zero-order valence-corrected chi connectivity index (χ0v) is 16.2. The number of aryl methyl sites for hydroxylation is 1. The lowest BCUT2D eigenvalue weighted by Gasteiger charge is -2.26. The molecular weight excluding hydrogens is 362 g/mol. The van der Waals surface area contributed by atoms with Gasteiger partial charge in [0, 0.05) is 49.7 Å². The standard InChI is InChI=1S/C19H25N5O4/c1-14(20-8-3-9-22-10-12-28-13-11-22)18-15(2)21-23(19(18)25)16-4-6-17(7-5-16)24(26)27/h4-7,21H,3,8-13H2,1-2H3. The van der Waals surface area contributed by atoms with E-state index in [2.05, 4.69) is 15.0 Å². The third-order valence-electron chi connectivity index (χ3n) is 4.84. The third kappa shape index (κ3) is 4.55. The average molecular weight is 387 g/mol. The van der Waals surface area contributed by atoms with Gasteiger partial charge >= 0.3 is 0 Å². The number of hydrogen-bond donors (Lipinski definition) is 1. The predicted octanol–water partition coefficient (Wildman–Crippen LogP) is 1.91. The van der Waals surface area contributed by atoms with E-state index in [9.17, 15) is 14.9 Å². The normalized spacial score (nSPS) is 15.7. The Balaban J connectivity index is 1.69. The van der Waals surface area contributed by atoms with Crippen molar-refractivity contribution < 1.29 is 9.66 Å². The topological polar surface area (TPSA) is 106 Å². The van der Waals surface area contributed by atoms with E-state index in [1.807, 2.05) is 13.8 Å². The highest BCUT2D eigenvalue weighted by atomic mass is 16.6. The molecule has 0 radical (unpaired) electrons. The lowest BCUT2D eigenvalue weighted by molar-refractivity contribution is -0.384. The zero-order valence-electron chi connectivity index (χ0n) is 16.2. The molecule has 1 aromatic heterocycles. The number of aromatic amines is 1. The Bertz CT molecular complexity index is 907. The Morgan fingerprint density at radius 3 is 2.61 bits per heavy atom. The number of morpholine rings is 1. The molecule has 2 heterocycles. The fraction of sp³-hybridized carbons (Fsp3) is 0.474. The van der Waals surface area contributed by atoms with Crippen molar-refractivity contribution in [1.82, 2.24) is 14.7 Å². The van der Waals surface area contributed by atoms with Gasteiger partial charge in [0.15, 0.2) is 0 Å². The summed E-state index contributed by atoms with van der Waals surface area (Å²) in [5, 5.41) is 13.8. The van der Waals surface area contributed by atoms with Gasteiger partial charge < -0.3 is 4.74 Å². The highest BCUT2D eigenvalue weighted by Gasteiger charge is 2.16. The van der Waals surface area contributed by atoms with Gasteiger partial charge in [0.25, 0.3) is 11.2 Å². The largest absolute Gasteiger partial charge is 0.379 e. The second-order valence-corrected chi connectivity index (χ2v) is 6.80. The summed E-state index contributed by atoms with van der Waals surface area (Å²) < 4.78 is 6.73. The molecule has 9 heteroatoms. The van der Waals surface area contributed by atoms with Gasteiger partial charge in [-0.1, -0.05) is 0 Å². The van der Waals surface area contributed by atoms with Crippen LogP contribution < -0.4 is 5.56 Å². The van der Waals surface area contributed by atoms with Gasteiger partial charge in [-0.15, -0.1) is 0 Å². The van der Waals surface area contributed by atoms with Gasteiger partial charge in [0.2, 0.25) is 0 Å². The second kappa shape index (κ2) is 8.94. The minimum atomic E-state index is -0.467. The number of rotatable bonds is 7. The molecule has 0 aliphatic carbocycles. The third-order valence-corrected chi connectivity index (χ3v) is 4.84. The Hall–Kier alpha value is -2.78. The van der Waals surface area contributed by atoms with Crippen molar-refractivity contribution in [3.8, 4) is 5.69 Å². The number of benzene rings is 1. The van der Waals surface area contributed by atoms with Gasteiger partial charge in [-0.05, 0) is 32.4 Å². The molecule has 0 saturated carbocycles. The molecule has 1 saturated heterocycles. The number of aliphatic imine (C=N–C) groups is 1. The molecule has 1 aliphatic heterocycles. The number of nitro benzene ring substituents is 1. The molecule has 9 nitrogen and oxygen atoms in total. The highest BCUT2D eigenvalue weighted by Crippen LogP contribution is 2.14. The number of nitrogens with zero attached hydrogens (tertiary/aromatic N) is 4. The molecule has 2 aromatic rings. The van der Waals surface area contributed by atoms with E-state index in [0.29, 0.717) is 23.5 Å². The molecule has 0 spiro atoms. The van der Waals surface area contributed by atoms with E-state index in [-0.39, 0.29) is 11.2 Å². The molecule has 0 unspecified atom stereocenters. The summed E-state index contributed by atoms with van der Waals surface area (Å²) in [7, 11) is 0. The molecule has 3 rings (SSSR count). The lowest BCUT2D eigenvalue weighted by Crippen LogP contribution is -2.37. The maximum atomic E-state index is 12.8. The van der Waals surface area contributed by atoms with Gasteiger partial charge in [0.1, 0.15) is 0 Å². The number of hydrogen-bond acceptors (Lipinski definition) is 6. The molecule has 1 aromatic carbocycles. The van der Waals surface area contributed by atoms with Crippen LogP contribution in [0, 0.1) is 17.0 Å². The summed E-state index contributed by atoms with van der Waals surface area (Å²) in [6.07, 6.45) is 0.928. The van der Waals surface area contributed by atoms with Crippen LogP contribution in [-0.4, -0.2) is 64.7 Å². The van der Waals surface area contributed by atoms with Crippen molar-refractivity contribution in [3.63, 3.8) is 0 Å². The van der Waals surface area contributed by atoms with Crippen LogP contribution in [0.15, 0.2) is 34.1 Å². The first kappa shape index (κ1) is 20.0. The summed E-state index contributed by atoms with van der Waals surface area (Å²) in [6.45, 7) is 8.78. The summed E-state index contributed by atoms with van der Waals surface area (Å²) in [5.41, 5.74) is 2.29. The number of nitrogens with one attached hydrogen (secondary N) is 1. The monoisotopic (exact) mass is 387 g/mol. The number of aromatic nitrogens is 2. The summed E-state index contributed by atoms with van der Waals surface area (Å²) >= 11 is 0. The Morgan fingerprint density at radius 2 is 1.96 bits per heavy atom. The van der Waals surface area contributed by atoms with Gasteiger partial charge in [-0.2, -0.15) is 0 Å². The fourth-order valence-electron chi connectivity index (χ4n) is 3.32. The van der Waals surface area contributed by atoms with Crippen LogP contribution in [0.3, 0.4) is 0 Å². The molecule has 1 N–H and O–H groups in total. The minimum Gasteiger partial charge on any atom is -0.379 e. The number of H-pyrrole nitrogens is 1. The van der Waals surface area contributed by atoms with Gasteiger partial charge in [-0.3, -0.25) is 29.9 Å². The van der Waals surface area contributed by atoms with E-state index < -0.39 is 4.92 Å². The number of non-ortho nitro benzene ring substituents is 1. The van der Waals surface area contributed by atoms with Crippen LogP contribution in [-0.2, 0) is 4.74 Å². The van der Waals surface area contributed by atoms with E-state index in [4.69, 9.17) is 4.74 Å². The van der Waals surface area contributed by atoms with Crippen LogP contribution in [0.2, 0.25) is 0 Å². The highest BCUT2D eigenvalue weighted by molar-refractivity contribution is 5.99. The van der Waals surface area contributed by atoms with Crippen molar-refractivity contribution in [2.24, 2.45) is 4.99 Å². The first-order chi connectivity index (χ1) is 13.5. The minimum absolute atomic E-state index is 0.0155. The van der Waals surface area contributed by atoms with E-state index in [0.717, 1.165) is 45.0 Å². The summed E-state index contributed by atoms with van der Waals surface area (Å²) in [5.74, 6) is 0. The van der Waals surface area contributed by atoms with Crippen LogP contribution in [0.1, 0.15) is 24.6 Å². The molecular formula is C19H25N5O4. The molecule has 28 heavy (non-hydrogen) atoms. The van der Waals surface area contributed by atoms with Crippen LogP contribution in [0.5, 0.6) is 0 Å². The smallest absolute Gasteiger partial charge is 0.280 e. The fourth-order valence-corrected chi connectivity index (χ4v) is 3.32. The zero-order chi connectivity index (χ0) is 20.1. The molecule has 0 bridgehead atoms. The second-order valence-electron chi connectivity index (χ2n) is 6.80. The Kier molecular flexibility index (Phi) is 6.37. The molecule has 150 valence electrons. The SMILES string of the molecule is CC(=NCCCN1CCOCC1)c1c(C)[nH]n(-c2ccc([N+](=O)[O-])cc2)c1=O. The van der Waals surface area contributed by atoms with Crippen LogP contribution >= 0.6 is 0 Å². The van der Waals surface area contributed by atoms with Crippen molar-refractivity contribution in [3.05, 3.63) is 56.0 Å². The Labute approximate surface area is 162 Å². The molecule has 0 atom stereocenters. The van der Waals surface area contributed by atoms with Gasteiger partial charge in [0.05, 0.1) is 29.4 Å². The van der Waals surface area contributed by atoms with E-state index >= 15 is 0 Å². The van der Waals surface area contributed by atoms with E-state index in [1.165, 1.54) is 16.8 Å². The van der Waals surface area contributed by atoms with Crippen LogP contribution in [0.25, 0.3) is 5.69 Å². The maximum Gasteiger partial charge on any atom is 0.280 e. The Morgan fingerprint density at radius 1 is 1.29 bits per heavy atom. The van der Waals surface area contributed by atoms with Crippen LogP contribution in [0.4, 0.5) is 5.69 Å². The van der Waals surface area contributed by atoms with E-state index in [1.54, 1.807) is 12.1 Å². The molecule has 1 fully saturated rings. The quantitative estimate of drug-likeness (QED) is 0.338. The summed E-state index contributed by atoms with van der Waals surface area (Å²) in [4.78, 5) is 30.1. The predicted molar refractivity (Wildman–Crippen MR) is 107 cm³/mol. The number of ether oxygens (including phenoxy) is 1. The molecule has 1 aliphatic rings. The first-order valence-corrected chi connectivity index (χ1v) is 9.35. The van der Waals surface area contributed by atoms with Crippen molar-refractivity contribution in [1.29, 1.82) is 0 Å². The van der Waals surface area contributed by atoms with Gasteiger partial charge in [-0.25, -0.2) is 4.68 Å². The van der Waals surface area contributed by atoms with Crippen molar-refractivity contribution in [2.75, 3.05) is 39.4 Å². The van der Waals surface area contributed by atoms with Crippen molar-refractivity contribution in [2.45, 2.75) is 20.3 Å². The molecule has 0 amide bonds. The maximum absolute atomic E-state index is 12.8. The van der Waals surface area contributed by atoms with Crippen molar-refractivity contribution >= 4 is 11.4 Å². The lowest BCUT2D eigenvalue weighted by atomic mass is 10.2.